The van der Waals surface area contributed by atoms with Crippen molar-refractivity contribution >= 4 is 28.8 Å². The van der Waals surface area contributed by atoms with Crippen LogP contribution in [-0.2, 0) is 11.3 Å². The van der Waals surface area contributed by atoms with Crippen molar-refractivity contribution in [3.8, 4) is 0 Å². The van der Waals surface area contributed by atoms with E-state index in [1.807, 2.05) is 6.07 Å². The fourth-order valence-electron chi connectivity index (χ4n) is 2.96. The normalized spacial score (nSPS) is 24.3. The van der Waals surface area contributed by atoms with Crippen LogP contribution in [0, 0.1) is 5.92 Å². The van der Waals surface area contributed by atoms with E-state index in [0.29, 0.717) is 11.5 Å². The Balaban J connectivity index is 1.67. The molecule has 0 saturated carbocycles. The number of carbonyl (C=O) groups is 3. The van der Waals surface area contributed by atoms with E-state index in [1.54, 1.807) is 18.2 Å². The third-order valence-corrected chi connectivity index (χ3v) is 5.37. The Morgan fingerprint density at radius 1 is 1.42 bits per heavy atom. The van der Waals surface area contributed by atoms with E-state index in [9.17, 15) is 14.4 Å². The molecule has 7 heteroatoms. The van der Waals surface area contributed by atoms with Crippen LogP contribution in [0.3, 0.4) is 0 Å². The highest BCUT2D eigenvalue weighted by Gasteiger charge is 2.30. The predicted molar refractivity (Wildman–Crippen MR) is 92.8 cm³/mol. The zero-order valence-corrected chi connectivity index (χ0v) is 14.4. The minimum Gasteiger partial charge on any atom is -0.348 e. The van der Waals surface area contributed by atoms with Gasteiger partial charge < -0.3 is 10.6 Å². The molecule has 0 bridgehead atoms. The topological polar surface area (TPSA) is 78.5 Å². The second-order valence-electron chi connectivity index (χ2n) is 6.28. The lowest BCUT2D eigenvalue weighted by atomic mass is 9.94. The summed E-state index contributed by atoms with van der Waals surface area (Å²) in [6.45, 7) is 4.12. The minimum absolute atomic E-state index is 0.119. The van der Waals surface area contributed by atoms with Gasteiger partial charge in [-0.1, -0.05) is 30.8 Å². The fraction of sp³-hybridized carbons (Fsp3) is 0.471. The summed E-state index contributed by atoms with van der Waals surface area (Å²) in [5.41, 5.74) is 1.33. The standard InChI is InChI=1S/C17H21N3O3S/c1-11-5-6-18-8-14(11)19-16(22)13-4-2-3-12(7-13)9-20-15(21)10-24-17(20)23/h2-4,7,11,14,18H,5-6,8-10H2,1H3,(H,19,22). The first-order valence-electron chi connectivity index (χ1n) is 8.12. The zero-order chi connectivity index (χ0) is 17.1. The van der Waals surface area contributed by atoms with E-state index in [4.69, 9.17) is 0 Å². The van der Waals surface area contributed by atoms with E-state index in [2.05, 4.69) is 17.6 Å². The zero-order valence-electron chi connectivity index (χ0n) is 13.6. The Hall–Kier alpha value is -1.86. The Kier molecular flexibility index (Phi) is 5.20. The van der Waals surface area contributed by atoms with Gasteiger partial charge in [0.1, 0.15) is 0 Å². The molecule has 2 atom stereocenters. The second kappa shape index (κ2) is 7.36. The number of amides is 3. The largest absolute Gasteiger partial charge is 0.348 e. The van der Waals surface area contributed by atoms with E-state index in [0.717, 1.165) is 36.8 Å². The van der Waals surface area contributed by atoms with Crippen LogP contribution in [-0.4, -0.2) is 46.8 Å². The molecule has 2 N–H and O–H groups in total. The van der Waals surface area contributed by atoms with Gasteiger partial charge in [-0.05, 0) is 36.6 Å². The lowest BCUT2D eigenvalue weighted by Crippen LogP contribution is -2.50. The lowest BCUT2D eigenvalue weighted by molar-refractivity contribution is -0.125. The van der Waals surface area contributed by atoms with Crippen LogP contribution in [0.1, 0.15) is 29.3 Å². The highest BCUT2D eigenvalue weighted by Crippen LogP contribution is 2.21. The molecule has 2 saturated heterocycles. The third kappa shape index (κ3) is 3.79. The van der Waals surface area contributed by atoms with Gasteiger partial charge in [-0.3, -0.25) is 19.3 Å². The van der Waals surface area contributed by atoms with Crippen LogP contribution in [0.2, 0.25) is 0 Å². The maximum Gasteiger partial charge on any atom is 0.289 e. The molecule has 6 nitrogen and oxygen atoms in total. The summed E-state index contributed by atoms with van der Waals surface area (Å²) in [6, 6.07) is 7.23. The molecule has 1 aromatic rings. The Morgan fingerprint density at radius 3 is 2.96 bits per heavy atom. The fourth-order valence-corrected chi connectivity index (χ4v) is 3.69. The molecular weight excluding hydrogens is 326 g/mol. The summed E-state index contributed by atoms with van der Waals surface area (Å²) in [7, 11) is 0. The van der Waals surface area contributed by atoms with E-state index >= 15 is 0 Å². The lowest BCUT2D eigenvalue weighted by Gasteiger charge is -2.30. The number of hydrogen-bond acceptors (Lipinski definition) is 5. The molecule has 0 aliphatic carbocycles. The summed E-state index contributed by atoms with van der Waals surface area (Å²) >= 11 is 1.02. The van der Waals surface area contributed by atoms with E-state index < -0.39 is 0 Å². The summed E-state index contributed by atoms with van der Waals surface area (Å²) in [5.74, 6) is 0.342. The maximum absolute atomic E-state index is 12.5. The molecule has 3 amide bonds. The molecule has 2 aliphatic rings. The molecule has 24 heavy (non-hydrogen) atoms. The van der Waals surface area contributed by atoms with Crippen LogP contribution in [0.4, 0.5) is 4.79 Å². The highest BCUT2D eigenvalue weighted by atomic mass is 32.2. The van der Waals surface area contributed by atoms with Gasteiger partial charge in [-0.15, -0.1) is 0 Å². The number of benzene rings is 1. The molecule has 2 unspecified atom stereocenters. The van der Waals surface area contributed by atoms with E-state index in [1.165, 1.54) is 4.90 Å². The molecule has 0 radical (unpaired) electrons. The van der Waals surface area contributed by atoms with Crippen molar-refractivity contribution in [3.05, 3.63) is 35.4 Å². The van der Waals surface area contributed by atoms with Crippen molar-refractivity contribution < 1.29 is 14.4 Å². The van der Waals surface area contributed by atoms with Crippen LogP contribution in [0.5, 0.6) is 0 Å². The summed E-state index contributed by atoms with van der Waals surface area (Å²) in [6.07, 6.45) is 1.04. The number of imide groups is 1. The van der Waals surface area contributed by atoms with Gasteiger partial charge in [0, 0.05) is 18.2 Å². The molecule has 2 fully saturated rings. The maximum atomic E-state index is 12.5. The second-order valence-corrected chi connectivity index (χ2v) is 7.21. The first-order valence-corrected chi connectivity index (χ1v) is 9.11. The molecular formula is C17H21N3O3S. The van der Waals surface area contributed by atoms with Crippen LogP contribution < -0.4 is 10.6 Å². The van der Waals surface area contributed by atoms with E-state index in [-0.39, 0.29) is 35.4 Å². The molecule has 2 aliphatic heterocycles. The molecule has 3 rings (SSSR count). The quantitative estimate of drug-likeness (QED) is 0.865. The number of nitrogens with zero attached hydrogens (tertiary/aromatic N) is 1. The molecule has 1 aromatic carbocycles. The van der Waals surface area contributed by atoms with Crippen molar-refractivity contribution in [2.75, 3.05) is 18.8 Å². The van der Waals surface area contributed by atoms with Gasteiger partial charge in [0.15, 0.2) is 0 Å². The molecule has 2 heterocycles. The van der Waals surface area contributed by atoms with Gasteiger partial charge in [-0.2, -0.15) is 0 Å². The van der Waals surface area contributed by atoms with Crippen LogP contribution >= 0.6 is 11.8 Å². The van der Waals surface area contributed by atoms with Gasteiger partial charge in [0.2, 0.25) is 5.91 Å². The summed E-state index contributed by atoms with van der Waals surface area (Å²) in [5, 5.41) is 6.14. The number of piperidine rings is 1. The van der Waals surface area contributed by atoms with Gasteiger partial charge in [0.25, 0.3) is 11.1 Å². The Bertz CT molecular complexity index is 648. The van der Waals surface area contributed by atoms with Gasteiger partial charge in [0.05, 0.1) is 12.3 Å². The number of nitrogens with one attached hydrogen (secondary N) is 2. The highest BCUT2D eigenvalue weighted by molar-refractivity contribution is 8.14. The average molecular weight is 347 g/mol. The first-order chi connectivity index (χ1) is 11.5. The summed E-state index contributed by atoms with van der Waals surface area (Å²) < 4.78 is 0. The van der Waals surface area contributed by atoms with Crippen molar-refractivity contribution in [1.82, 2.24) is 15.5 Å². The van der Waals surface area contributed by atoms with Gasteiger partial charge in [-0.25, -0.2) is 0 Å². The monoisotopic (exact) mass is 347 g/mol. The SMILES string of the molecule is CC1CCNCC1NC(=O)c1cccc(CN2C(=O)CSC2=O)c1. The number of carbonyl (C=O) groups excluding carboxylic acids is 3. The minimum atomic E-state index is -0.225. The number of hydrogen-bond donors (Lipinski definition) is 2. The van der Waals surface area contributed by atoms with Gasteiger partial charge >= 0.3 is 0 Å². The molecule has 0 aromatic heterocycles. The Labute approximate surface area is 145 Å². The number of thioether (sulfide) groups is 1. The molecule has 128 valence electrons. The summed E-state index contributed by atoms with van der Waals surface area (Å²) in [4.78, 5) is 37.1. The van der Waals surface area contributed by atoms with Crippen molar-refractivity contribution in [2.24, 2.45) is 5.92 Å². The predicted octanol–water partition coefficient (Wildman–Crippen LogP) is 1.61. The van der Waals surface area contributed by atoms with Crippen molar-refractivity contribution in [3.63, 3.8) is 0 Å². The Morgan fingerprint density at radius 2 is 2.25 bits per heavy atom. The smallest absolute Gasteiger partial charge is 0.289 e. The third-order valence-electron chi connectivity index (χ3n) is 4.51. The van der Waals surface area contributed by atoms with Crippen molar-refractivity contribution in [2.45, 2.75) is 25.9 Å². The van der Waals surface area contributed by atoms with Crippen molar-refractivity contribution in [1.29, 1.82) is 0 Å². The first kappa shape index (κ1) is 17.0. The van der Waals surface area contributed by atoms with Crippen LogP contribution in [0.15, 0.2) is 24.3 Å². The number of rotatable bonds is 4. The average Bonchev–Trinajstić information content (AvgIpc) is 2.89. The van der Waals surface area contributed by atoms with Crippen LogP contribution in [0.25, 0.3) is 0 Å². The molecule has 0 spiro atoms.